The molecule has 0 unspecified atom stereocenters. The second-order valence-electron chi connectivity index (χ2n) is 7.68. The third-order valence-corrected chi connectivity index (χ3v) is 7.65. The number of sulfonamides is 1. The van der Waals surface area contributed by atoms with Gasteiger partial charge in [0.1, 0.15) is 0 Å². The summed E-state index contributed by atoms with van der Waals surface area (Å²) in [6.07, 6.45) is 4.90. The van der Waals surface area contributed by atoms with E-state index in [-0.39, 0.29) is 16.8 Å². The lowest BCUT2D eigenvalue weighted by Gasteiger charge is -2.33. The Hall–Kier alpha value is -2.34. The smallest absolute Gasteiger partial charge is 0.264 e. The van der Waals surface area contributed by atoms with Crippen LogP contribution in [0.4, 0.5) is 5.69 Å². The van der Waals surface area contributed by atoms with Crippen LogP contribution in [0.5, 0.6) is 0 Å². The van der Waals surface area contributed by atoms with E-state index in [0.717, 1.165) is 49.9 Å². The van der Waals surface area contributed by atoms with Gasteiger partial charge in [0.05, 0.1) is 10.6 Å². The van der Waals surface area contributed by atoms with Crippen molar-refractivity contribution in [3.8, 4) is 0 Å². The molecule has 6 heteroatoms. The molecule has 4 rings (SSSR count). The first-order chi connectivity index (χ1) is 13.5. The van der Waals surface area contributed by atoms with E-state index in [1.807, 2.05) is 29.2 Å². The Kier molecular flexibility index (Phi) is 5.15. The molecule has 2 aromatic rings. The minimum Gasteiger partial charge on any atom is -0.336 e. The van der Waals surface area contributed by atoms with Crippen molar-refractivity contribution in [1.29, 1.82) is 0 Å². The van der Waals surface area contributed by atoms with E-state index in [1.165, 1.54) is 4.31 Å². The fourth-order valence-corrected chi connectivity index (χ4v) is 5.75. The maximum atomic E-state index is 13.2. The number of rotatable bonds is 3. The van der Waals surface area contributed by atoms with Crippen molar-refractivity contribution < 1.29 is 13.2 Å². The third-order valence-electron chi connectivity index (χ3n) is 5.82. The highest BCUT2D eigenvalue weighted by atomic mass is 32.2. The van der Waals surface area contributed by atoms with Crippen LogP contribution >= 0.6 is 0 Å². The molecule has 148 valence electrons. The fraction of sp³-hybridized carbons (Fsp3) is 0.409. The normalized spacial score (nSPS) is 20.0. The van der Waals surface area contributed by atoms with Gasteiger partial charge in [0.2, 0.25) is 0 Å². The van der Waals surface area contributed by atoms with E-state index in [2.05, 4.69) is 6.92 Å². The van der Waals surface area contributed by atoms with Crippen LogP contribution in [-0.2, 0) is 16.4 Å². The van der Waals surface area contributed by atoms with E-state index < -0.39 is 10.0 Å². The number of benzene rings is 2. The first kappa shape index (κ1) is 19.0. The Labute approximate surface area is 167 Å². The summed E-state index contributed by atoms with van der Waals surface area (Å²) in [5.74, 6) is -0.0144. The predicted octanol–water partition coefficient (Wildman–Crippen LogP) is 3.84. The first-order valence-electron chi connectivity index (χ1n) is 10.00. The molecule has 2 aliphatic rings. The maximum Gasteiger partial charge on any atom is 0.264 e. The van der Waals surface area contributed by atoms with E-state index >= 15 is 0 Å². The van der Waals surface area contributed by atoms with E-state index in [1.54, 1.807) is 24.3 Å². The quantitative estimate of drug-likeness (QED) is 0.789. The fourth-order valence-electron chi connectivity index (χ4n) is 4.21. The molecule has 0 radical (unpaired) electrons. The lowest BCUT2D eigenvalue weighted by Crippen LogP contribution is -2.42. The minimum absolute atomic E-state index is 0.0144. The Morgan fingerprint density at radius 3 is 2.46 bits per heavy atom. The van der Waals surface area contributed by atoms with Crippen LogP contribution in [0, 0.1) is 0 Å². The van der Waals surface area contributed by atoms with Gasteiger partial charge in [0.25, 0.3) is 15.9 Å². The number of hydrogen-bond donors (Lipinski definition) is 0. The van der Waals surface area contributed by atoms with Gasteiger partial charge in [-0.25, -0.2) is 8.42 Å². The van der Waals surface area contributed by atoms with Crippen LogP contribution < -0.4 is 4.31 Å². The number of aryl methyl sites for hydroxylation is 1. The zero-order chi connectivity index (χ0) is 19.7. The molecule has 1 atom stereocenters. The molecule has 2 heterocycles. The monoisotopic (exact) mass is 398 g/mol. The molecule has 1 saturated heterocycles. The molecule has 0 spiro atoms. The summed E-state index contributed by atoms with van der Waals surface area (Å²) in [7, 11) is -3.65. The van der Waals surface area contributed by atoms with Crippen molar-refractivity contribution in [2.45, 2.75) is 50.0 Å². The van der Waals surface area contributed by atoms with Crippen molar-refractivity contribution in [3.05, 3.63) is 59.7 Å². The number of likely N-dealkylation sites (tertiary alicyclic amines) is 1. The molecule has 0 N–H and O–H groups in total. The highest BCUT2D eigenvalue weighted by Crippen LogP contribution is 2.32. The zero-order valence-corrected chi connectivity index (χ0v) is 17.0. The summed E-state index contributed by atoms with van der Waals surface area (Å²) in [6, 6.07) is 14.3. The van der Waals surface area contributed by atoms with Gasteiger partial charge in [-0.05, 0) is 74.9 Å². The predicted molar refractivity (Wildman–Crippen MR) is 110 cm³/mol. The molecular weight excluding hydrogens is 372 g/mol. The molecule has 2 aromatic carbocycles. The minimum atomic E-state index is -3.65. The van der Waals surface area contributed by atoms with Gasteiger partial charge in [-0.2, -0.15) is 0 Å². The lowest BCUT2D eigenvalue weighted by atomic mass is 10.0. The van der Waals surface area contributed by atoms with Crippen molar-refractivity contribution in [2.24, 2.45) is 0 Å². The molecule has 0 saturated carbocycles. The third kappa shape index (κ3) is 3.41. The molecule has 1 fully saturated rings. The Morgan fingerprint density at radius 2 is 1.71 bits per heavy atom. The lowest BCUT2D eigenvalue weighted by molar-refractivity contribution is 0.0635. The Balaban J connectivity index is 1.59. The van der Waals surface area contributed by atoms with Crippen molar-refractivity contribution in [1.82, 2.24) is 4.90 Å². The van der Waals surface area contributed by atoms with Gasteiger partial charge < -0.3 is 4.90 Å². The number of amides is 1. The van der Waals surface area contributed by atoms with E-state index in [0.29, 0.717) is 12.1 Å². The van der Waals surface area contributed by atoms with Crippen LogP contribution in [0.2, 0.25) is 0 Å². The maximum absolute atomic E-state index is 13.2. The van der Waals surface area contributed by atoms with Gasteiger partial charge >= 0.3 is 0 Å². The Bertz CT molecular complexity index is 970. The Morgan fingerprint density at radius 1 is 0.964 bits per heavy atom. The van der Waals surface area contributed by atoms with Gasteiger partial charge in [-0.3, -0.25) is 9.10 Å². The summed E-state index contributed by atoms with van der Waals surface area (Å²) in [6.45, 7) is 3.32. The SMILES string of the molecule is C[C@H]1CCCCN1C(=O)c1ccc(S(=O)(=O)N2CCCc3ccccc32)cc1. The average molecular weight is 399 g/mol. The number of carbonyl (C=O) groups excluding carboxylic acids is 1. The summed E-state index contributed by atoms with van der Waals surface area (Å²) in [4.78, 5) is 14.9. The summed E-state index contributed by atoms with van der Waals surface area (Å²) in [5, 5.41) is 0. The van der Waals surface area contributed by atoms with Crippen LogP contribution in [0.25, 0.3) is 0 Å². The van der Waals surface area contributed by atoms with E-state index in [4.69, 9.17) is 0 Å². The number of fused-ring (bicyclic) bond motifs is 1. The van der Waals surface area contributed by atoms with Crippen LogP contribution in [0.15, 0.2) is 53.4 Å². The number of anilines is 1. The molecule has 2 aliphatic heterocycles. The van der Waals surface area contributed by atoms with Crippen LogP contribution in [0.1, 0.15) is 48.5 Å². The molecule has 0 aromatic heterocycles. The molecule has 0 bridgehead atoms. The molecular formula is C22H26N2O3S. The second-order valence-corrected chi connectivity index (χ2v) is 9.54. The number of hydrogen-bond acceptors (Lipinski definition) is 3. The summed E-state index contributed by atoms with van der Waals surface area (Å²) in [5.41, 5.74) is 2.37. The molecule has 0 aliphatic carbocycles. The average Bonchev–Trinajstić information content (AvgIpc) is 2.73. The topological polar surface area (TPSA) is 57.7 Å². The number of carbonyl (C=O) groups is 1. The van der Waals surface area contributed by atoms with Crippen LogP contribution in [-0.4, -0.2) is 38.4 Å². The van der Waals surface area contributed by atoms with Crippen molar-refractivity contribution in [3.63, 3.8) is 0 Å². The van der Waals surface area contributed by atoms with Gasteiger partial charge in [0.15, 0.2) is 0 Å². The largest absolute Gasteiger partial charge is 0.336 e. The molecule has 1 amide bonds. The van der Waals surface area contributed by atoms with Crippen molar-refractivity contribution >= 4 is 21.6 Å². The number of piperidine rings is 1. The van der Waals surface area contributed by atoms with Gasteiger partial charge in [0, 0.05) is 24.7 Å². The van der Waals surface area contributed by atoms with Crippen LogP contribution in [0.3, 0.4) is 0 Å². The zero-order valence-electron chi connectivity index (χ0n) is 16.2. The number of nitrogens with zero attached hydrogens (tertiary/aromatic N) is 2. The standard InChI is InChI=1S/C22H26N2O3S/c1-17-7-4-5-15-23(17)22(25)19-11-13-20(14-12-19)28(26,27)24-16-6-9-18-8-2-3-10-21(18)24/h2-3,8,10-14,17H,4-7,9,15-16H2,1H3/t17-/m0/s1. The van der Waals surface area contributed by atoms with Crippen molar-refractivity contribution in [2.75, 3.05) is 17.4 Å². The summed E-state index contributed by atoms with van der Waals surface area (Å²) >= 11 is 0. The molecule has 28 heavy (non-hydrogen) atoms. The first-order valence-corrected chi connectivity index (χ1v) is 11.4. The second kappa shape index (κ2) is 7.59. The highest BCUT2D eigenvalue weighted by molar-refractivity contribution is 7.92. The van der Waals surface area contributed by atoms with E-state index in [9.17, 15) is 13.2 Å². The number of para-hydroxylation sites is 1. The van der Waals surface area contributed by atoms with Gasteiger partial charge in [-0.1, -0.05) is 18.2 Å². The summed E-state index contributed by atoms with van der Waals surface area (Å²) < 4.78 is 27.9. The molecule has 5 nitrogen and oxygen atoms in total. The van der Waals surface area contributed by atoms with Gasteiger partial charge in [-0.15, -0.1) is 0 Å². The highest BCUT2D eigenvalue weighted by Gasteiger charge is 2.29.